The average molecular weight is 454 g/mol. The van der Waals surface area contributed by atoms with Gasteiger partial charge in [-0.15, -0.1) is 0 Å². The van der Waals surface area contributed by atoms with E-state index in [1.807, 2.05) is 37.3 Å². The molecule has 1 amide bonds. The molecule has 4 aromatic rings. The van der Waals surface area contributed by atoms with E-state index in [9.17, 15) is 4.79 Å². The number of para-hydroxylation sites is 1. The molecule has 2 aromatic carbocycles. The molecule has 0 atom stereocenters. The number of rotatable bonds is 5. The van der Waals surface area contributed by atoms with Crippen LogP contribution in [-0.2, 0) is 0 Å². The van der Waals surface area contributed by atoms with Crippen LogP contribution in [-0.4, -0.2) is 20.9 Å². The topological polar surface area (TPSA) is 118 Å². The molecule has 10 heteroatoms. The first kappa shape index (κ1) is 20.6. The lowest BCUT2D eigenvalue weighted by Crippen LogP contribution is -2.30. The maximum absolute atomic E-state index is 12.4. The third kappa shape index (κ3) is 4.45. The Bertz CT molecular complexity index is 1300. The molecule has 0 spiro atoms. The van der Waals surface area contributed by atoms with E-state index in [0.717, 1.165) is 22.3 Å². The number of nitrogens with two attached hydrogens (primary N) is 1. The van der Waals surface area contributed by atoms with Crippen molar-refractivity contribution in [2.45, 2.75) is 6.92 Å². The SMILES string of the molecule is Cc1ccc2cccc(Nc3ncnc(NNC(=O)c4ccc(Cl)cc4Cl)c3N)c2n1. The van der Waals surface area contributed by atoms with Gasteiger partial charge in [-0.05, 0) is 37.3 Å². The Hall–Kier alpha value is -3.62. The molecular weight excluding hydrogens is 437 g/mol. The summed E-state index contributed by atoms with van der Waals surface area (Å²) < 4.78 is 0. The molecule has 0 radical (unpaired) electrons. The van der Waals surface area contributed by atoms with Crippen LogP contribution in [0.1, 0.15) is 16.1 Å². The monoisotopic (exact) mass is 453 g/mol. The molecule has 156 valence electrons. The lowest BCUT2D eigenvalue weighted by Gasteiger charge is -2.14. The molecule has 0 saturated heterocycles. The number of pyridine rings is 1. The van der Waals surface area contributed by atoms with Gasteiger partial charge in [0.15, 0.2) is 11.6 Å². The number of anilines is 4. The van der Waals surface area contributed by atoms with Gasteiger partial charge in [-0.25, -0.2) is 9.97 Å². The quantitative estimate of drug-likeness (QED) is 0.322. The first-order valence-corrected chi connectivity index (χ1v) is 9.93. The van der Waals surface area contributed by atoms with E-state index in [0.29, 0.717) is 10.8 Å². The molecule has 8 nitrogen and oxygen atoms in total. The Labute approximate surface area is 187 Å². The Morgan fingerprint density at radius 2 is 1.84 bits per heavy atom. The number of hydrazine groups is 1. The van der Waals surface area contributed by atoms with Crippen LogP contribution in [0.2, 0.25) is 10.0 Å². The predicted molar refractivity (Wildman–Crippen MR) is 124 cm³/mol. The summed E-state index contributed by atoms with van der Waals surface area (Å²) in [5.41, 5.74) is 14.3. The minimum absolute atomic E-state index is 0.217. The summed E-state index contributed by atoms with van der Waals surface area (Å²) in [6.45, 7) is 1.92. The van der Waals surface area contributed by atoms with Crippen LogP contribution in [0, 0.1) is 6.92 Å². The van der Waals surface area contributed by atoms with E-state index < -0.39 is 5.91 Å². The van der Waals surface area contributed by atoms with Crippen molar-refractivity contribution in [3.05, 3.63) is 76.2 Å². The molecule has 0 aliphatic rings. The van der Waals surface area contributed by atoms with Gasteiger partial charge in [-0.3, -0.25) is 20.6 Å². The highest BCUT2D eigenvalue weighted by Gasteiger charge is 2.14. The van der Waals surface area contributed by atoms with Gasteiger partial charge in [-0.1, -0.05) is 41.4 Å². The Kier molecular flexibility index (Phi) is 5.75. The molecule has 0 fully saturated rings. The molecule has 5 N–H and O–H groups in total. The van der Waals surface area contributed by atoms with Crippen molar-refractivity contribution < 1.29 is 4.79 Å². The van der Waals surface area contributed by atoms with Crippen molar-refractivity contribution in [1.29, 1.82) is 0 Å². The van der Waals surface area contributed by atoms with Crippen LogP contribution < -0.4 is 21.9 Å². The van der Waals surface area contributed by atoms with Crippen molar-refractivity contribution in [3.63, 3.8) is 0 Å². The molecule has 2 heterocycles. The Morgan fingerprint density at radius 3 is 2.65 bits per heavy atom. The van der Waals surface area contributed by atoms with E-state index in [-0.39, 0.29) is 22.1 Å². The number of benzene rings is 2. The molecule has 2 aromatic heterocycles. The summed E-state index contributed by atoms with van der Waals surface area (Å²) in [5.74, 6) is 0.121. The van der Waals surface area contributed by atoms with Gasteiger partial charge in [0.1, 0.15) is 12.0 Å². The van der Waals surface area contributed by atoms with Crippen LogP contribution >= 0.6 is 23.2 Å². The molecule has 0 bridgehead atoms. The highest BCUT2D eigenvalue weighted by molar-refractivity contribution is 6.36. The molecule has 4 rings (SSSR count). The first-order chi connectivity index (χ1) is 14.9. The fourth-order valence-corrected chi connectivity index (χ4v) is 3.42. The number of nitrogens with one attached hydrogen (secondary N) is 3. The van der Waals surface area contributed by atoms with E-state index >= 15 is 0 Å². The minimum atomic E-state index is -0.470. The number of nitrogens with zero attached hydrogens (tertiary/aromatic N) is 3. The maximum atomic E-state index is 12.4. The predicted octanol–water partition coefficient (Wildman–Crippen LogP) is 4.72. The first-order valence-electron chi connectivity index (χ1n) is 9.17. The van der Waals surface area contributed by atoms with E-state index in [1.54, 1.807) is 6.07 Å². The van der Waals surface area contributed by atoms with Gasteiger partial charge in [0, 0.05) is 16.1 Å². The number of carbonyl (C=O) groups excluding carboxylic acids is 1. The molecule has 0 aliphatic heterocycles. The number of amides is 1. The van der Waals surface area contributed by atoms with Gasteiger partial charge in [0.05, 0.1) is 21.8 Å². The summed E-state index contributed by atoms with van der Waals surface area (Å²) in [4.78, 5) is 25.3. The lowest BCUT2D eigenvalue weighted by molar-refractivity contribution is 0.0962. The molecule has 0 saturated carbocycles. The lowest BCUT2D eigenvalue weighted by atomic mass is 10.1. The summed E-state index contributed by atoms with van der Waals surface area (Å²) in [7, 11) is 0. The van der Waals surface area contributed by atoms with Crippen LogP contribution in [0.5, 0.6) is 0 Å². The number of nitrogen functional groups attached to an aromatic ring is 1. The van der Waals surface area contributed by atoms with Gasteiger partial charge in [0.2, 0.25) is 0 Å². The zero-order chi connectivity index (χ0) is 22.0. The van der Waals surface area contributed by atoms with Crippen molar-refractivity contribution in [1.82, 2.24) is 20.4 Å². The smallest absolute Gasteiger partial charge is 0.271 e. The van der Waals surface area contributed by atoms with Crippen LogP contribution in [0.4, 0.5) is 23.0 Å². The molecule has 0 aliphatic carbocycles. The number of hydrogen-bond donors (Lipinski definition) is 4. The van der Waals surface area contributed by atoms with Crippen LogP contribution in [0.3, 0.4) is 0 Å². The summed E-state index contributed by atoms with van der Waals surface area (Å²) in [6.07, 6.45) is 1.33. The molecule has 31 heavy (non-hydrogen) atoms. The third-order valence-corrected chi connectivity index (χ3v) is 5.01. The number of hydrogen-bond acceptors (Lipinski definition) is 7. The van der Waals surface area contributed by atoms with Gasteiger partial charge in [-0.2, -0.15) is 0 Å². The van der Waals surface area contributed by atoms with Crippen molar-refractivity contribution in [2.24, 2.45) is 0 Å². The van der Waals surface area contributed by atoms with Crippen molar-refractivity contribution >= 4 is 63.0 Å². The molecule has 0 unspecified atom stereocenters. The maximum Gasteiger partial charge on any atom is 0.271 e. The zero-order valence-electron chi connectivity index (χ0n) is 16.3. The van der Waals surface area contributed by atoms with Crippen molar-refractivity contribution in [2.75, 3.05) is 16.5 Å². The highest BCUT2D eigenvalue weighted by atomic mass is 35.5. The number of fused-ring (bicyclic) bond motifs is 1. The summed E-state index contributed by atoms with van der Waals surface area (Å²) in [5, 5.41) is 4.83. The number of carbonyl (C=O) groups is 1. The summed E-state index contributed by atoms with van der Waals surface area (Å²) >= 11 is 11.9. The largest absolute Gasteiger partial charge is 0.393 e. The average Bonchev–Trinajstić information content (AvgIpc) is 2.74. The Balaban J connectivity index is 1.55. The van der Waals surface area contributed by atoms with E-state index in [1.165, 1.54) is 18.5 Å². The summed E-state index contributed by atoms with van der Waals surface area (Å²) in [6, 6.07) is 14.3. The highest BCUT2D eigenvalue weighted by Crippen LogP contribution is 2.29. The Morgan fingerprint density at radius 1 is 1.03 bits per heavy atom. The second kappa shape index (κ2) is 8.63. The van der Waals surface area contributed by atoms with Crippen molar-refractivity contribution in [3.8, 4) is 0 Å². The van der Waals surface area contributed by atoms with Gasteiger partial charge < -0.3 is 11.1 Å². The number of aromatic nitrogens is 3. The van der Waals surface area contributed by atoms with Crippen LogP contribution in [0.25, 0.3) is 10.9 Å². The van der Waals surface area contributed by atoms with E-state index in [4.69, 9.17) is 28.9 Å². The fraction of sp³-hybridized carbons (Fsp3) is 0.0476. The number of halogens is 2. The molecular formula is C21H17Cl2N7O. The number of aryl methyl sites for hydroxylation is 1. The van der Waals surface area contributed by atoms with Gasteiger partial charge >= 0.3 is 0 Å². The van der Waals surface area contributed by atoms with Crippen LogP contribution in [0.15, 0.2) is 54.9 Å². The second-order valence-corrected chi connectivity index (χ2v) is 7.49. The van der Waals surface area contributed by atoms with E-state index in [2.05, 4.69) is 31.1 Å². The fourth-order valence-electron chi connectivity index (χ4n) is 2.92. The zero-order valence-corrected chi connectivity index (χ0v) is 17.8. The second-order valence-electron chi connectivity index (χ2n) is 6.64. The third-order valence-electron chi connectivity index (χ3n) is 4.47. The standard InChI is InChI=1S/C21H17Cl2N7O/c1-11-5-6-12-3-2-4-16(18(12)27-11)28-19-17(24)20(26-10-25-19)29-30-21(31)14-8-7-13(22)9-15(14)23/h2-10H,24H2,1H3,(H,30,31)(H2,25,26,28,29). The minimum Gasteiger partial charge on any atom is -0.393 e. The normalized spacial score (nSPS) is 10.7. The van der Waals surface area contributed by atoms with Gasteiger partial charge in [0.25, 0.3) is 5.91 Å².